The SMILES string of the molecule is CCOC(=O)c1cccc(S(N)(=O)=O)c1N. The summed E-state index contributed by atoms with van der Waals surface area (Å²) in [7, 11) is -3.94. The highest BCUT2D eigenvalue weighted by molar-refractivity contribution is 7.89. The number of para-hydroxylation sites is 1. The molecule has 6 nitrogen and oxygen atoms in total. The van der Waals surface area contributed by atoms with E-state index in [0.29, 0.717) is 0 Å². The zero-order valence-corrected chi connectivity index (χ0v) is 9.45. The van der Waals surface area contributed by atoms with Crippen molar-refractivity contribution in [2.24, 2.45) is 5.14 Å². The number of benzene rings is 1. The molecule has 0 aromatic heterocycles. The molecule has 0 spiro atoms. The first-order valence-electron chi connectivity index (χ1n) is 4.46. The van der Waals surface area contributed by atoms with Crippen molar-refractivity contribution in [2.45, 2.75) is 11.8 Å². The predicted molar refractivity (Wildman–Crippen MR) is 58.2 cm³/mol. The quantitative estimate of drug-likeness (QED) is 0.578. The van der Waals surface area contributed by atoms with Gasteiger partial charge in [-0.2, -0.15) is 0 Å². The molecule has 0 fully saturated rings. The van der Waals surface area contributed by atoms with Crippen LogP contribution in [0, 0.1) is 0 Å². The van der Waals surface area contributed by atoms with Gasteiger partial charge in [-0.25, -0.2) is 18.4 Å². The molecule has 7 heteroatoms. The lowest BCUT2D eigenvalue weighted by Crippen LogP contribution is -2.17. The molecule has 0 bridgehead atoms. The maximum absolute atomic E-state index is 11.4. The number of primary sulfonamides is 1. The second-order valence-corrected chi connectivity index (χ2v) is 4.51. The highest BCUT2D eigenvalue weighted by Gasteiger charge is 2.18. The minimum atomic E-state index is -3.94. The highest BCUT2D eigenvalue weighted by atomic mass is 32.2. The van der Waals surface area contributed by atoms with E-state index in [1.54, 1.807) is 6.92 Å². The van der Waals surface area contributed by atoms with Crippen LogP contribution in [0.4, 0.5) is 5.69 Å². The molecule has 1 rings (SSSR count). The first-order chi connectivity index (χ1) is 7.38. The Kier molecular flexibility index (Phi) is 3.51. The number of nitrogens with two attached hydrogens (primary N) is 2. The number of ether oxygens (including phenoxy) is 1. The molecule has 0 amide bonds. The Labute approximate surface area is 93.2 Å². The van der Waals surface area contributed by atoms with Crippen molar-refractivity contribution in [1.29, 1.82) is 0 Å². The van der Waals surface area contributed by atoms with Crippen LogP contribution in [0.3, 0.4) is 0 Å². The molecule has 1 aromatic rings. The summed E-state index contributed by atoms with van der Waals surface area (Å²) in [6.45, 7) is 1.81. The van der Waals surface area contributed by atoms with Crippen molar-refractivity contribution in [3.8, 4) is 0 Å². The minimum absolute atomic E-state index is 0.00613. The zero-order valence-electron chi connectivity index (χ0n) is 8.64. The Bertz CT molecular complexity index is 510. The van der Waals surface area contributed by atoms with Gasteiger partial charge in [-0.1, -0.05) is 6.07 Å². The van der Waals surface area contributed by atoms with Crippen LogP contribution in [-0.4, -0.2) is 21.0 Å². The van der Waals surface area contributed by atoms with Crippen LogP contribution < -0.4 is 10.9 Å². The molecule has 0 aliphatic carbocycles. The monoisotopic (exact) mass is 244 g/mol. The van der Waals surface area contributed by atoms with E-state index in [2.05, 4.69) is 0 Å². The Morgan fingerprint density at radius 1 is 1.44 bits per heavy atom. The number of esters is 1. The molecule has 0 heterocycles. The van der Waals surface area contributed by atoms with Crippen molar-refractivity contribution >= 4 is 21.7 Å². The minimum Gasteiger partial charge on any atom is -0.462 e. The molecular weight excluding hydrogens is 232 g/mol. The molecule has 4 N–H and O–H groups in total. The second kappa shape index (κ2) is 4.50. The number of rotatable bonds is 3. The van der Waals surface area contributed by atoms with Crippen LogP contribution in [-0.2, 0) is 14.8 Å². The van der Waals surface area contributed by atoms with Crippen LogP contribution in [0.1, 0.15) is 17.3 Å². The highest BCUT2D eigenvalue weighted by Crippen LogP contribution is 2.21. The number of sulfonamides is 1. The van der Waals surface area contributed by atoms with Crippen molar-refractivity contribution in [3.05, 3.63) is 23.8 Å². The lowest BCUT2D eigenvalue weighted by atomic mass is 10.2. The van der Waals surface area contributed by atoms with Crippen molar-refractivity contribution < 1.29 is 17.9 Å². The number of carbonyl (C=O) groups excluding carboxylic acids is 1. The molecule has 0 radical (unpaired) electrons. The van der Waals surface area contributed by atoms with E-state index in [4.69, 9.17) is 15.6 Å². The maximum Gasteiger partial charge on any atom is 0.340 e. The topological polar surface area (TPSA) is 112 Å². The molecule has 0 atom stereocenters. The molecular formula is C9H12N2O4S. The van der Waals surface area contributed by atoms with Crippen molar-refractivity contribution in [1.82, 2.24) is 0 Å². The van der Waals surface area contributed by atoms with E-state index in [0.717, 1.165) is 0 Å². The van der Waals surface area contributed by atoms with Gasteiger partial charge < -0.3 is 10.5 Å². The van der Waals surface area contributed by atoms with Crippen LogP contribution >= 0.6 is 0 Å². The van der Waals surface area contributed by atoms with E-state index < -0.39 is 16.0 Å². The normalized spacial score (nSPS) is 11.1. The largest absolute Gasteiger partial charge is 0.462 e. The van der Waals surface area contributed by atoms with Gasteiger partial charge in [0.15, 0.2) is 0 Å². The van der Waals surface area contributed by atoms with Crippen LogP contribution in [0.25, 0.3) is 0 Å². The van der Waals surface area contributed by atoms with Gasteiger partial charge in [0.1, 0.15) is 4.90 Å². The zero-order chi connectivity index (χ0) is 12.3. The first-order valence-corrected chi connectivity index (χ1v) is 6.01. The maximum atomic E-state index is 11.4. The van der Waals surface area contributed by atoms with Gasteiger partial charge in [0.2, 0.25) is 10.0 Å². The summed E-state index contributed by atoms with van der Waals surface area (Å²) in [6.07, 6.45) is 0. The third-order valence-electron chi connectivity index (χ3n) is 1.87. The van der Waals surface area contributed by atoms with Crippen LogP contribution in [0.5, 0.6) is 0 Å². The molecule has 0 saturated carbocycles. The van der Waals surface area contributed by atoms with Crippen molar-refractivity contribution in [2.75, 3.05) is 12.3 Å². The van der Waals surface area contributed by atoms with Gasteiger partial charge in [-0.05, 0) is 19.1 Å². The predicted octanol–water partition coefficient (Wildman–Crippen LogP) is 0.0929. The Hall–Kier alpha value is -1.60. The Morgan fingerprint density at radius 2 is 2.06 bits per heavy atom. The fourth-order valence-electron chi connectivity index (χ4n) is 1.18. The van der Waals surface area contributed by atoms with E-state index in [1.165, 1.54) is 18.2 Å². The van der Waals surface area contributed by atoms with Gasteiger partial charge in [-0.3, -0.25) is 0 Å². The summed E-state index contributed by atoms with van der Waals surface area (Å²) in [6, 6.07) is 3.98. The van der Waals surface area contributed by atoms with Gasteiger partial charge in [-0.15, -0.1) is 0 Å². The van der Waals surface area contributed by atoms with E-state index >= 15 is 0 Å². The lowest BCUT2D eigenvalue weighted by molar-refractivity contribution is 0.0527. The summed E-state index contributed by atoms with van der Waals surface area (Å²) in [5.41, 5.74) is 5.34. The van der Waals surface area contributed by atoms with Gasteiger partial charge in [0.05, 0.1) is 17.9 Å². The summed E-state index contributed by atoms with van der Waals surface area (Å²) < 4.78 is 27.0. The van der Waals surface area contributed by atoms with Gasteiger partial charge in [0.25, 0.3) is 0 Å². The summed E-state index contributed by atoms with van der Waals surface area (Å²) in [5.74, 6) is -0.675. The molecule has 16 heavy (non-hydrogen) atoms. The molecule has 0 unspecified atom stereocenters. The lowest BCUT2D eigenvalue weighted by Gasteiger charge is -2.08. The number of nitrogen functional groups attached to an aromatic ring is 1. The van der Waals surface area contributed by atoms with E-state index in [9.17, 15) is 13.2 Å². The molecule has 0 saturated heterocycles. The third kappa shape index (κ3) is 2.50. The fourth-order valence-corrected chi connectivity index (χ4v) is 1.86. The summed E-state index contributed by atoms with van der Waals surface area (Å²) in [4.78, 5) is 11.1. The average molecular weight is 244 g/mol. The van der Waals surface area contributed by atoms with Gasteiger partial charge >= 0.3 is 5.97 Å². The van der Waals surface area contributed by atoms with E-state index in [1.807, 2.05) is 0 Å². The molecule has 0 aliphatic rings. The number of hydrogen-bond acceptors (Lipinski definition) is 5. The number of anilines is 1. The van der Waals surface area contributed by atoms with Crippen molar-refractivity contribution in [3.63, 3.8) is 0 Å². The first kappa shape index (κ1) is 12.5. The third-order valence-corrected chi connectivity index (χ3v) is 2.84. The molecule has 0 aliphatic heterocycles. The Balaban J connectivity index is 3.30. The van der Waals surface area contributed by atoms with Crippen LogP contribution in [0.2, 0.25) is 0 Å². The van der Waals surface area contributed by atoms with Crippen LogP contribution in [0.15, 0.2) is 23.1 Å². The Morgan fingerprint density at radius 3 is 2.56 bits per heavy atom. The summed E-state index contributed by atoms with van der Waals surface area (Å²) in [5, 5.41) is 4.94. The second-order valence-electron chi connectivity index (χ2n) is 2.98. The number of carbonyl (C=O) groups is 1. The summed E-state index contributed by atoms with van der Waals surface area (Å²) >= 11 is 0. The molecule has 1 aromatic carbocycles. The smallest absolute Gasteiger partial charge is 0.340 e. The standard InChI is InChI=1S/C9H12N2O4S/c1-2-15-9(12)6-4-3-5-7(8(6)10)16(11,13)14/h3-5H,2,10H2,1H3,(H2,11,13,14). The average Bonchev–Trinajstić information content (AvgIpc) is 2.16. The van der Waals surface area contributed by atoms with E-state index in [-0.39, 0.29) is 22.8 Å². The number of hydrogen-bond donors (Lipinski definition) is 2. The van der Waals surface area contributed by atoms with Gasteiger partial charge in [0, 0.05) is 0 Å². The molecule has 88 valence electrons. The fraction of sp³-hybridized carbons (Fsp3) is 0.222.